The first-order valence-corrected chi connectivity index (χ1v) is 3.71. The topological polar surface area (TPSA) is 63.9 Å². The second-order valence-corrected chi connectivity index (χ2v) is 2.82. The maximum Gasteiger partial charge on any atom is 0.100 e. The van der Waals surface area contributed by atoms with Crippen LogP contribution in [0.3, 0.4) is 0 Å². The molecule has 11 heavy (non-hydrogen) atoms. The van der Waals surface area contributed by atoms with Gasteiger partial charge in [0.1, 0.15) is 6.10 Å². The molecule has 0 unspecified atom stereocenters. The number of ether oxygens (including phenoxy) is 1. The first-order chi connectivity index (χ1) is 5.36. The van der Waals surface area contributed by atoms with E-state index in [2.05, 4.69) is 9.97 Å². The Bertz CT molecular complexity index is 222. The van der Waals surface area contributed by atoms with Crippen molar-refractivity contribution in [2.45, 2.75) is 18.6 Å². The van der Waals surface area contributed by atoms with Crippen LogP contribution < -0.4 is 5.73 Å². The molecule has 2 heterocycles. The zero-order valence-electron chi connectivity index (χ0n) is 6.16. The van der Waals surface area contributed by atoms with E-state index in [9.17, 15) is 0 Å². The van der Waals surface area contributed by atoms with Gasteiger partial charge in [0.2, 0.25) is 0 Å². The predicted molar refractivity (Wildman–Crippen MR) is 39.9 cm³/mol. The fraction of sp³-hybridized carbons (Fsp3) is 0.571. The molecule has 1 saturated heterocycles. The standard InChI is InChI=1S/C7H11N3O/c8-5-1-7(11-3-5)6-2-9-4-10-6/h2,4-5,7H,1,3,8H2,(H,9,10)/t5-,7+/m1/s1. The van der Waals surface area contributed by atoms with Crippen molar-refractivity contribution in [1.82, 2.24) is 9.97 Å². The Balaban J connectivity index is 2.08. The highest BCUT2D eigenvalue weighted by molar-refractivity contribution is 5.02. The van der Waals surface area contributed by atoms with Gasteiger partial charge < -0.3 is 15.5 Å². The smallest absolute Gasteiger partial charge is 0.100 e. The zero-order chi connectivity index (χ0) is 7.68. The van der Waals surface area contributed by atoms with Crippen LogP contribution in [0.5, 0.6) is 0 Å². The SMILES string of the molecule is N[C@H]1CO[C@H](c2cnc[nH]2)C1. The minimum absolute atomic E-state index is 0.132. The van der Waals surface area contributed by atoms with Crippen LogP contribution in [0.15, 0.2) is 12.5 Å². The quantitative estimate of drug-likeness (QED) is 0.605. The van der Waals surface area contributed by atoms with Crippen LogP contribution in [-0.2, 0) is 4.74 Å². The molecule has 0 amide bonds. The minimum Gasteiger partial charge on any atom is -0.370 e. The van der Waals surface area contributed by atoms with Crippen molar-refractivity contribution >= 4 is 0 Å². The summed E-state index contributed by atoms with van der Waals surface area (Å²) >= 11 is 0. The summed E-state index contributed by atoms with van der Waals surface area (Å²) in [7, 11) is 0. The fourth-order valence-corrected chi connectivity index (χ4v) is 1.31. The Hall–Kier alpha value is -0.870. The van der Waals surface area contributed by atoms with Gasteiger partial charge in [-0.15, -0.1) is 0 Å². The van der Waals surface area contributed by atoms with Crippen molar-refractivity contribution in [1.29, 1.82) is 0 Å². The number of nitrogens with zero attached hydrogens (tertiary/aromatic N) is 1. The number of nitrogens with one attached hydrogen (secondary N) is 1. The lowest BCUT2D eigenvalue weighted by Crippen LogP contribution is -2.18. The van der Waals surface area contributed by atoms with Crippen LogP contribution >= 0.6 is 0 Å². The molecule has 0 saturated carbocycles. The van der Waals surface area contributed by atoms with Crippen LogP contribution in [0.4, 0.5) is 0 Å². The molecule has 4 nitrogen and oxygen atoms in total. The Morgan fingerprint density at radius 3 is 3.18 bits per heavy atom. The van der Waals surface area contributed by atoms with Crippen molar-refractivity contribution in [3.05, 3.63) is 18.2 Å². The average molecular weight is 153 g/mol. The highest BCUT2D eigenvalue weighted by Gasteiger charge is 2.24. The highest BCUT2D eigenvalue weighted by atomic mass is 16.5. The second kappa shape index (κ2) is 2.64. The Kier molecular flexibility index (Phi) is 1.63. The highest BCUT2D eigenvalue weighted by Crippen LogP contribution is 2.25. The monoisotopic (exact) mass is 153 g/mol. The Morgan fingerprint density at radius 2 is 2.64 bits per heavy atom. The molecular formula is C7H11N3O. The summed E-state index contributed by atoms with van der Waals surface area (Å²) < 4.78 is 5.41. The summed E-state index contributed by atoms with van der Waals surface area (Å²) in [6, 6.07) is 0.184. The van der Waals surface area contributed by atoms with Gasteiger partial charge in [-0.25, -0.2) is 4.98 Å². The zero-order valence-corrected chi connectivity index (χ0v) is 6.16. The number of H-pyrrole nitrogens is 1. The first kappa shape index (κ1) is 6.82. The first-order valence-electron chi connectivity index (χ1n) is 3.71. The summed E-state index contributed by atoms with van der Waals surface area (Å²) in [5.41, 5.74) is 6.70. The molecule has 0 aromatic carbocycles. The van der Waals surface area contributed by atoms with Crippen molar-refractivity contribution in [2.24, 2.45) is 5.73 Å². The Labute approximate surface area is 64.8 Å². The van der Waals surface area contributed by atoms with E-state index >= 15 is 0 Å². The van der Waals surface area contributed by atoms with Gasteiger partial charge in [-0.3, -0.25) is 0 Å². The third-order valence-corrected chi connectivity index (χ3v) is 1.89. The molecule has 2 atom stereocenters. The summed E-state index contributed by atoms with van der Waals surface area (Å²) in [5.74, 6) is 0. The van der Waals surface area contributed by atoms with Crippen molar-refractivity contribution in [3.8, 4) is 0 Å². The van der Waals surface area contributed by atoms with Crippen molar-refractivity contribution in [3.63, 3.8) is 0 Å². The van der Waals surface area contributed by atoms with Crippen LogP contribution in [0.2, 0.25) is 0 Å². The van der Waals surface area contributed by atoms with Gasteiger partial charge in [-0.1, -0.05) is 0 Å². The molecule has 60 valence electrons. The van der Waals surface area contributed by atoms with E-state index < -0.39 is 0 Å². The van der Waals surface area contributed by atoms with E-state index in [-0.39, 0.29) is 12.1 Å². The number of aromatic amines is 1. The van der Waals surface area contributed by atoms with Crippen molar-refractivity contribution in [2.75, 3.05) is 6.61 Å². The van der Waals surface area contributed by atoms with Crippen LogP contribution in [-0.4, -0.2) is 22.6 Å². The third kappa shape index (κ3) is 1.27. The number of rotatable bonds is 1. The molecule has 0 radical (unpaired) electrons. The number of imidazole rings is 1. The molecule has 1 fully saturated rings. The van der Waals surface area contributed by atoms with Crippen LogP contribution in [0.25, 0.3) is 0 Å². The third-order valence-electron chi connectivity index (χ3n) is 1.89. The predicted octanol–water partition coefficient (Wildman–Crippen LogP) is 0.198. The van der Waals surface area contributed by atoms with Gasteiger partial charge in [0.05, 0.1) is 24.8 Å². The van der Waals surface area contributed by atoms with E-state index in [4.69, 9.17) is 10.5 Å². The molecule has 1 aliphatic heterocycles. The van der Waals surface area contributed by atoms with Gasteiger partial charge in [0.25, 0.3) is 0 Å². The summed E-state index contributed by atoms with van der Waals surface area (Å²) in [4.78, 5) is 6.92. The maximum absolute atomic E-state index is 5.67. The Morgan fingerprint density at radius 1 is 1.73 bits per heavy atom. The molecule has 1 aromatic heterocycles. The van der Waals surface area contributed by atoms with Gasteiger partial charge in [0, 0.05) is 6.04 Å². The average Bonchev–Trinajstić information content (AvgIpc) is 2.55. The lowest BCUT2D eigenvalue weighted by molar-refractivity contribution is 0.107. The molecule has 3 N–H and O–H groups in total. The normalized spacial score (nSPS) is 31.0. The van der Waals surface area contributed by atoms with E-state index in [0.29, 0.717) is 6.61 Å². The molecule has 1 aliphatic rings. The molecule has 0 bridgehead atoms. The van der Waals surface area contributed by atoms with Crippen molar-refractivity contribution < 1.29 is 4.74 Å². The van der Waals surface area contributed by atoms with Gasteiger partial charge >= 0.3 is 0 Å². The number of aromatic nitrogens is 2. The van der Waals surface area contributed by atoms with Gasteiger partial charge in [-0.2, -0.15) is 0 Å². The van der Waals surface area contributed by atoms with Gasteiger partial charge in [-0.05, 0) is 6.42 Å². The lowest BCUT2D eigenvalue weighted by Gasteiger charge is -2.04. The molecule has 1 aromatic rings. The maximum atomic E-state index is 5.67. The summed E-state index contributed by atoms with van der Waals surface area (Å²) in [5, 5.41) is 0. The number of hydrogen-bond acceptors (Lipinski definition) is 3. The summed E-state index contributed by atoms with van der Waals surface area (Å²) in [6.07, 6.45) is 4.46. The number of nitrogens with two attached hydrogens (primary N) is 1. The van der Waals surface area contributed by atoms with Gasteiger partial charge in [0.15, 0.2) is 0 Å². The van der Waals surface area contributed by atoms with E-state index in [1.807, 2.05) is 0 Å². The molecule has 0 aliphatic carbocycles. The molecular weight excluding hydrogens is 142 g/mol. The fourth-order valence-electron chi connectivity index (χ4n) is 1.31. The van der Waals surface area contributed by atoms with E-state index in [0.717, 1.165) is 12.1 Å². The van der Waals surface area contributed by atoms with Crippen LogP contribution in [0.1, 0.15) is 18.2 Å². The van der Waals surface area contributed by atoms with Crippen LogP contribution in [0, 0.1) is 0 Å². The molecule has 0 spiro atoms. The number of hydrogen-bond donors (Lipinski definition) is 2. The van der Waals surface area contributed by atoms with E-state index in [1.165, 1.54) is 0 Å². The molecule has 2 rings (SSSR count). The lowest BCUT2D eigenvalue weighted by atomic mass is 10.1. The molecule has 4 heteroatoms. The largest absolute Gasteiger partial charge is 0.370 e. The second-order valence-electron chi connectivity index (χ2n) is 2.82. The van der Waals surface area contributed by atoms with E-state index in [1.54, 1.807) is 12.5 Å². The summed E-state index contributed by atoms with van der Waals surface area (Å²) in [6.45, 7) is 0.656. The minimum atomic E-state index is 0.132.